The van der Waals surface area contributed by atoms with Crippen LogP contribution in [0.2, 0.25) is 0 Å². The fourth-order valence-electron chi connectivity index (χ4n) is 2.15. The van der Waals surface area contributed by atoms with E-state index in [9.17, 15) is 14.9 Å². The van der Waals surface area contributed by atoms with Crippen molar-refractivity contribution in [3.8, 4) is 5.69 Å². The maximum absolute atomic E-state index is 12.4. The normalized spacial score (nSPS) is 10.4. The molecular weight excluding hydrogens is 376 g/mol. The van der Waals surface area contributed by atoms with Crippen LogP contribution in [0, 0.1) is 10.1 Å². The minimum atomic E-state index is -0.508. The molecule has 1 heterocycles. The van der Waals surface area contributed by atoms with Crippen molar-refractivity contribution in [2.75, 3.05) is 5.32 Å². The number of hydrogen-bond acceptors (Lipinski definition) is 4. The van der Waals surface area contributed by atoms with Gasteiger partial charge in [-0.05, 0) is 36.4 Å². The van der Waals surface area contributed by atoms with Gasteiger partial charge in [0.1, 0.15) is 0 Å². The van der Waals surface area contributed by atoms with Crippen molar-refractivity contribution in [3.05, 3.63) is 81.1 Å². The van der Waals surface area contributed by atoms with E-state index in [4.69, 9.17) is 0 Å². The Hall–Kier alpha value is -3.00. The third-order valence-corrected chi connectivity index (χ3v) is 3.79. The first-order valence-electron chi connectivity index (χ1n) is 6.90. The Labute approximate surface area is 145 Å². The zero-order valence-corrected chi connectivity index (χ0v) is 13.8. The molecule has 0 aliphatic rings. The fraction of sp³-hybridized carbons (Fsp3) is 0. The SMILES string of the molecule is O=C(Nc1cc(Br)ccc1-n1cccn1)c1ccc([N+](=O)[O-])cc1. The summed E-state index contributed by atoms with van der Waals surface area (Å²) in [7, 11) is 0. The second-order valence-corrected chi connectivity index (χ2v) is 5.79. The maximum Gasteiger partial charge on any atom is 0.269 e. The molecule has 0 saturated heterocycles. The van der Waals surface area contributed by atoms with Crippen molar-refractivity contribution in [2.45, 2.75) is 0 Å². The summed E-state index contributed by atoms with van der Waals surface area (Å²) in [5.74, 6) is -0.364. The highest BCUT2D eigenvalue weighted by molar-refractivity contribution is 9.10. The lowest BCUT2D eigenvalue weighted by atomic mass is 10.2. The number of amides is 1. The third kappa shape index (κ3) is 3.33. The minimum absolute atomic E-state index is 0.0637. The van der Waals surface area contributed by atoms with Crippen LogP contribution in [0.3, 0.4) is 0 Å². The van der Waals surface area contributed by atoms with Crippen LogP contribution in [0.1, 0.15) is 10.4 Å². The lowest BCUT2D eigenvalue weighted by Gasteiger charge is -2.12. The Morgan fingerprint density at radius 1 is 1.21 bits per heavy atom. The van der Waals surface area contributed by atoms with Gasteiger partial charge in [0.15, 0.2) is 0 Å². The third-order valence-electron chi connectivity index (χ3n) is 3.30. The summed E-state index contributed by atoms with van der Waals surface area (Å²) in [6, 6.07) is 12.6. The van der Waals surface area contributed by atoms with E-state index in [1.807, 2.05) is 12.1 Å². The van der Waals surface area contributed by atoms with Gasteiger partial charge in [-0.3, -0.25) is 14.9 Å². The van der Waals surface area contributed by atoms with Gasteiger partial charge >= 0.3 is 0 Å². The van der Waals surface area contributed by atoms with Gasteiger partial charge in [-0.25, -0.2) is 4.68 Å². The number of nitrogens with one attached hydrogen (secondary N) is 1. The molecule has 24 heavy (non-hydrogen) atoms. The Kier molecular flexibility index (Phi) is 4.39. The summed E-state index contributed by atoms with van der Waals surface area (Å²) in [6.45, 7) is 0. The summed E-state index contributed by atoms with van der Waals surface area (Å²) < 4.78 is 2.44. The number of nitrogens with zero attached hydrogens (tertiary/aromatic N) is 3. The smallest absolute Gasteiger partial charge is 0.269 e. The van der Waals surface area contributed by atoms with Gasteiger partial charge in [0.2, 0.25) is 0 Å². The van der Waals surface area contributed by atoms with Gasteiger partial charge in [-0.2, -0.15) is 5.10 Å². The maximum atomic E-state index is 12.4. The Morgan fingerprint density at radius 2 is 1.96 bits per heavy atom. The van der Waals surface area contributed by atoms with E-state index in [1.54, 1.807) is 29.2 Å². The number of rotatable bonds is 4. The Bertz CT molecular complexity index is 892. The standard InChI is InChI=1S/C16H11BrN4O3/c17-12-4-7-15(20-9-1-8-18-20)14(10-12)19-16(22)11-2-5-13(6-3-11)21(23)24/h1-10H,(H,19,22). The van der Waals surface area contributed by atoms with Crippen molar-refractivity contribution in [2.24, 2.45) is 0 Å². The van der Waals surface area contributed by atoms with Crippen molar-refractivity contribution < 1.29 is 9.72 Å². The van der Waals surface area contributed by atoms with E-state index in [0.29, 0.717) is 16.9 Å². The molecule has 3 rings (SSSR count). The van der Waals surface area contributed by atoms with Crippen LogP contribution >= 0.6 is 15.9 Å². The van der Waals surface area contributed by atoms with E-state index >= 15 is 0 Å². The van der Waals surface area contributed by atoms with E-state index in [-0.39, 0.29) is 11.6 Å². The summed E-state index contributed by atoms with van der Waals surface area (Å²) in [6.07, 6.45) is 3.41. The average molecular weight is 387 g/mol. The molecule has 0 aliphatic heterocycles. The number of anilines is 1. The van der Waals surface area contributed by atoms with Gasteiger partial charge in [-0.1, -0.05) is 15.9 Å². The average Bonchev–Trinajstić information content (AvgIpc) is 3.09. The van der Waals surface area contributed by atoms with Crippen LogP contribution in [0.15, 0.2) is 65.4 Å². The molecule has 1 amide bonds. The first kappa shape index (κ1) is 15.9. The topological polar surface area (TPSA) is 90.1 Å². The molecule has 0 fully saturated rings. The second kappa shape index (κ2) is 6.63. The molecule has 0 aliphatic carbocycles. The number of benzene rings is 2. The molecular formula is C16H11BrN4O3. The molecule has 0 bridgehead atoms. The molecule has 1 N–H and O–H groups in total. The van der Waals surface area contributed by atoms with Crippen LogP contribution in [-0.2, 0) is 0 Å². The van der Waals surface area contributed by atoms with Crippen LogP contribution in [0.5, 0.6) is 0 Å². The number of carbonyl (C=O) groups is 1. The van der Waals surface area contributed by atoms with Gasteiger partial charge < -0.3 is 5.32 Å². The number of nitro benzene ring substituents is 1. The van der Waals surface area contributed by atoms with Gasteiger partial charge in [0.05, 0.1) is 16.3 Å². The number of hydrogen-bond donors (Lipinski definition) is 1. The quantitative estimate of drug-likeness (QED) is 0.545. The highest BCUT2D eigenvalue weighted by Crippen LogP contribution is 2.25. The molecule has 7 nitrogen and oxygen atoms in total. The minimum Gasteiger partial charge on any atom is -0.320 e. The zero-order chi connectivity index (χ0) is 17.1. The first-order valence-corrected chi connectivity index (χ1v) is 7.69. The van der Waals surface area contributed by atoms with Crippen molar-refractivity contribution in [1.82, 2.24) is 9.78 Å². The highest BCUT2D eigenvalue weighted by Gasteiger charge is 2.13. The summed E-state index contributed by atoms with van der Waals surface area (Å²) in [4.78, 5) is 22.6. The van der Waals surface area contributed by atoms with Crippen LogP contribution in [0.25, 0.3) is 5.69 Å². The molecule has 1 aromatic heterocycles. The van der Waals surface area contributed by atoms with Crippen molar-refractivity contribution in [3.63, 3.8) is 0 Å². The summed E-state index contributed by atoms with van der Waals surface area (Å²) >= 11 is 3.38. The van der Waals surface area contributed by atoms with Gasteiger partial charge in [-0.15, -0.1) is 0 Å². The lowest BCUT2D eigenvalue weighted by Crippen LogP contribution is -2.14. The molecule has 2 aromatic carbocycles. The van der Waals surface area contributed by atoms with E-state index in [1.165, 1.54) is 24.3 Å². The Morgan fingerprint density at radius 3 is 2.58 bits per heavy atom. The van der Waals surface area contributed by atoms with Crippen LogP contribution < -0.4 is 5.32 Å². The number of halogens is 1. The zero-order valence-electron chi connectivity index (χ0n) is 12.2. The van der Waals surface area contributed by atoms with E-state index in [2.05, 4.69) is 26.3 Å². The molecule has 120 valence electrons. The van der Waals surface area contributed by atoms with Gasteiger partial charge in [0.25, 0.3) is 11.6 Å². The molecule has 3 aromatic rings. The molecule has 0 radical (unpaired) electrons. The fourth-order valence-corrected chi connectivity index (χ4v) is 2.51. The van der Waals surface area contributed by atoms with Gasteiger partial charge in [0, 0.05) is 34.6 Å². The lowest BCUT2D eigenvalue weighted by molar-refractivity contribution is -0.384. The van der Waals surface area contributed by atoms with Crippen molar-refractivity contribution >= 4 is 33.2 Å². The monoisotopic (exact) mass is 386 g/mol. The highest BCUT2D eigenvalue weighted by atomic mass is 79.9. The number of non-ortho nitro benzene ring substituents is 1. The predicted molar refractivity (Wildman–Crippen MR) is 92.3 cm³/mol. The Balaban J connectivity index is 1.89. The molecule has 0 atom stereocenters. The van der Waals surface area contributed by atoms with E-state index < -0.39 is 4.92 Å². The first-order chi connectivity index (χ1) is 11.5. The van der Waals surface area contributed by atoms with Crippen molar-refractivity contribution in [1.29, 1.82) is 0 Å². The molecule has 0 saturated carbocycles. The van der Waals surface area contributed by atoms with Crippen LogP contribution in [0.4, 0.5) is 11.4 Å². The summed E-state index contributed by atoms with van der Waals surface area (Å²) in [5, 5.41) is 17.6. The van der Waals surface area contributed by atoms with Crippen LogP contribution in [-0.4, -0.2) is 20.6 Å². The number of aromatic nitrogens is 2. The summed E-state index contributed by atoms with van der Waals surface area (Å²) in [5.41, 5.74) is 1.54. The molecule has 0 spiro atoms. The second-order valence-electron chi connectivity index (χ2n) is 4.87. The largest absolute Gasteiger partial charge is 0.320 e. The number of carbonyl (C=O) groups excluding carboxylic acids is 1. The predicted octanol–water partition coefficient (Wildman–Crippen LogP) is 3.80. The molecule has 0 unspecified atom stereocenters. The van der Waals surface area contributed by atoms with E-state index in [0.717, 1.165) is 4.47 Å². The number of nitro groups is 1. The molecule has 8 heteroatoms.